The second kappa shape index (κ2) is 7.25. The minimum Gasteiger partial charge on any atom is -0.381 e. The molecule has 0 atom stereocenters. The molecule has 1 aromatic heterocycles. The Bertz CT molecular complexity index is 860. The summed E-state index contributed by atoms with van der Waals surface area (Å²) in [5.74, 6) is 0.685. The van der Waals surface area contributed by atoms with Gasteiger partial charge in [0.2, 0.25) is 0 Å². The zero-order chi connectivity index (χ0) is 17.8. The molecule has 0 bridgehead atoms. The maximum atomic E-state index is 13.8. The summed E-state index contributed by atoms with van der Waals surface area (Å²) < 4.78 is 24.6. The van der Waals surface area contributed by atoms with Gasteiger partial charge in [-0.05, 0) is 47.8 Å². The van der Waals surface area contributed by atoms with Gasteiger partial charge in [0, 0.05) is 30.7 Å². The summed E-state index contributed by atoms with van der Waals surface area (Å²) in [5, 5.41) is 7.29. The normalized spacial score (nSPS) is 16.3. The fraction of sp³-hybridized carbons (Fsp3) is 0.300. The van der Waals surface area contributed by atoms with Gasteiger partial charge in [-0.15, -0.1) is 0 Å². The van der Waals surface area contributed by atoms with E-state index in [0.29, 0.717) is 31.6 Å². The third-order valence-corrected chi connectivity index (χ3v) is 4.92. The van der Waals surface area contributed by atoms with Gasteiger partial charge in [0.05, 0.1) is 0 Å². The number of benzene rings is 2. The number of nitrogens with zero attached hydrogens (tertiary/aromatic N) is 2. The van der Waals surface area contributed by atoms with E-state index >= 15 is 0 Å². The van der Waals surface area contributed by atoms with Crippen LogP contribution < -0.4 is 5.32 Å². The molecule has 6 heteroatoms. The van der Waals surface area contributed by atoms with Crippen LogP contribution in [0.3, 0.4) is 0 Å². The van der Waals surface area contributed by atoms with Crippen molar-refractivity contribution < 1.29 is 13.7 Å². The number of anilines is 1. The van der Waals surface area contributed by atoms with Crippen molar-refractivity contribution in [1.29, 1.82) is 0 Å². The van der Waals surface area contributed by atoms with E-state index in [-0.39, 0.29) is 11.2 Å². The van der Waals surface area contributed by atoms with Crippen LogP contribution in [0, 0.1) is 5.82 Å². The lowest BCUT2D eigenvalue weighted by Crippen LogP contribution is -2.40. The third kappa shape index (κ3) is 3.46. The zero-order valence-corrected chi connectivity index (χ0v) is 14.3. The zero-order valence-electron chi connectivity index (χ0n) is 14.3. The van der Waals surface area contributed by atoms with E-state index in [1.54, 1.807) is 12.1 Å². The first kappa shape index (κ1) is 16.7. The van der Waals surface area contributed by atoms with E-state index < -0.39 is 0 Å². The maximum Gasteiger partial charge on any atom is 0.263 e. The lowest BCUT2D eigenvalue weighted by molar-refractivity contribution is 0.0542. The molecular weight excluding hydrogens is 333 g/mol. The molecule has 3 aromatic rings. The van der Waals surface area contributed by atoms with Gasteiger partial charge in [-0.3, -0.25) is 0 Å². The summed E-state index contributed by atoms with van der Waals surface area (Å²) in [6, 6.07) is 16.4. The monoisotopic (exact) mass is 353 g/mol. The average Bonchev–Trinajstić information content (AvgIpc) is 3.17. The number of hydrogen-bond acceptors (Lipinski definition) is 5. The van der Waals surface area contributed by atoms with E-state index in [4.69, 9.17) is 9.26 Å². The average molecular weight is 353 g/mol. The topological polar surface area (TPSA) is 60.2 Å². The predicted molar refractivity (Wildman–Crippen MR) is 96.4 cm³/mol. The highest BCUT2D eigenvalue weighted by atomic mass is 19.1. The van der Waals surface area contributed by atoms with Crippen LogP contribution in [0.25, 0.3) is 11.5 Å². The van der Waals surface area contributed by atoms with Gasteiger partial charge in [0.1, 0.15) is 5.82 Å². The molecule has 1 N–H and O–H groups in total. The van der Waals surface area contributed by atoms with E-state index in [0.717, 1.165) is 24.0 Å². The number of aromatic nitrogens is 2. The Labute approximate surface area is 151 Å². The van der Waals surface area contributed by atoms with Gasteiger partial charge in [-0.25, -0.2) is 4.39 Å². The summed E-state index contributed by atoms with van der Waals surface area (Å²) in [5.41, 5.74) is 1.63. The van der Waals surface area contributed by atoms with Gasteiger partial charge >= 0.3 is 0 Å². The number of nitrogens with one attached hydrogen (secondary N) is 1. The predicted octanol–water partition coefficient (Wildman–Crippen LogP) is 4.04. The molecule has 1 saturated heterocycles. The summed E-state index contributed by atoms with van der Waals surface area (Å²) in [6.07, 6.45) is 1.62. The van der Waals surface area contributed by atoms with Crippen molar-refractivity contribution in [3.05, 3.63) is 66.0 Å². The van der Waals surface area contributed by atoms with Crippen molar-refractivity contribution >= 4 is 5.95 Å². The first-order chi connectivity index (χ1) is 12.8. The summed E-state index contributed by atoms with van der Waals surface area (Å²) in [4.78, 5) is 4.41. The Morgan fingerprint density at radius 3 is 2.62 bits per heavy atom. The van der Waals surface area contributed by atoms with Gasteiger partial charge < -0.3 is 14.6 Å². The third-order valence-electron chi connectivity index (χ3n) is 4.92. The molecule has 1 aliphatic heterocycles. The fourth-order valence-corrected chi connectivity index (χ4v) is 3.39. The molecule has 26 heavy (non-hydrogen) atoms. The second-order valence-electron chi connectivity index (χ2n) is 6.55. The number of ether oxygens (including phenoxy) is 1. The van der Waals surface area contributed by atoms with Crippen molar-refractivity contribution in [3.63, 3.8) is 0 Å². The minimum absolute atomic E-state index is 0.214. The van der Waals surface area contributed by atoms with Crippen molar-refractivity contribution in [2.75, 3.05) is 25.1 Å². The molecular formula is C20H20FN3O2. The minimum atomic E-state index is -0.223. The molecule has 134 valence electrons. The van der Waals surface area contributed by atoms with Gasteiger partial charge in [0.15, 0.2) is 0 Å². The molecule has 0 spiro atoms. The number of hydrogen-bond donors (Lipinski definition) is 1. The molecule has 0 unspecified atom stereocenters. The lowest BCUT2D eigenvalue weighted by Gasteiger charge is -2.37. The van der Waals surface area contributed by atoms with Gasteiger partial charge in [-0.1, -0.05) is 30.3 Å². The molecule has 0 amide bonds. The van der Waals surface area contributed by atoms with E-state index in [2.05, 4.69) is 15.5 Å². The highest BCUT2D eigenvalue weighted by molar-refractivity contribution is 5.53. The van der Waals surface area contributed by atoms with Crippen LogP contribution in [0.15, 0.2) is 59.1 Å². The molecule has 2 heterocycles. The Morgan fingerprint density at radius 1 is 1.04 bits per heavy atom. The standard InChI is InChI=1S/C20H20FN3O2/c21-17-8-4-7-16(13-17)20(9-11-25-12-10-20)14-22-19-23-18(26-24-19)15-5-2-1-3-6-15/h1-8,13H,9-12,14H2,(H,22,24). The Hall–Kier alpha value is -2.73. The fourth-order valence-electron chi connectivity index (χ4n) is 3.39. The molecule has 1 fully saturated rings. The van der Waals surface area contributed by atoms with Crippen LogP contribution in [0.1, 0.15) is 18.4 Å². The quantitative estimate of drug-likeness (QED) is 0.750. The maximum absolute atomic E-state index is 13.8. The molecule has 5 nitrogen and oxygen atoms in total. The van der Waals surface area contributed by atoms with Crippen LogP contribution in [-0.2, 0) is 10.2 Å². The first-order valence-corrected chi connectivity index (χ1v) is 8.72. The van der Waals surface area contributed by atoms with E-state index in [1.165, 1.54) is 6.07 Å². The van der Waals surface area contributed by atoms with Crippen LogP contribution in [-0.4, -0.2) is 29.9 Å². The van der Waals surface area contributed by atoms with E-state index in [9.17, 15) is 4.39 Å². The Morgan fingerprint density at radius 2 is 1.85 bits per heavy atom. The second-order valence-corrected chi connectivity index (χ2v) is 6.55. The van der Waals surface area contributed by atoms with Crippen LogP contribution >= 0.6 is 0 Å². The SMILES string of the molecule is Fc1cccc(C2(CNc3noc(-c4ccccc4)n3)CCOCC2)c1. The molecule has 0 saturated carbocycles. The van der Waals surface area contributed by atoms with Crippen molar-refractivity contribution in [2.24, 2.45) is 0 Å². The van der Waals surface area contributed by atoms with E-state index in [1.807, 2.05) is 36.4 Å². The van der Waals surface area contributed by atoms with Crippen molar-refractivity contribution in [2.45, 2.75) is 18.3 Å². The Kier molecular flexibility index (Phi) is 4.67. The summed E-state index contributed by atoms with van der Waals surface area (Å²) in [7, 11) is 0. The van der Waals surface area contributed by atoms with Crippen molar-refractivity contribution in [3.8, 4) is 11.5 Å². The molecule has 4 rings (SSSR count). The number of halogens is 1. The molecule has 0 radical (unpaired) electrons. The van der Waals surface area contributed by atoms with Gasteiger partial charge in [-0.2, -0.15) is 4.98 Å². The first-order valence-electron chi connectivity index (χ1n) is 8.72. The summed E-state index contributed by atoms with van der Waals surface area (Å²) >= 11 is 0. The smallest absolute Gasteiger partial charge is 0.263 e. The lowest BCUT2D eigenvalue weighted by atomic mass is 9.74. The molecule has 0 aliphatic carbocycles. The van der Waals surface area contributed by atoms with Crippen LogP contribution in [0.4, 0.5) is 10.3 Å². The highest BCUT2D eigenvalue weighted by Gasteiger charge is 2.35. The molecule has 1 aliphatic rings. The molecule has 2 aromatic carbocycles. The highest BCUT2D eigenvalue weighted by Crippen LogP contribution is 2.35. The summed E-state index contributed by atoms with van der Waals surface area (Å²) in [6.45, 7) is 1.90. The number of rotatable bonds is 5. The van der Waals surface area contributed by atoms with Gasteiger partial charge in [0.25, 0.3) is 11.8 Å². The largest absolute Gasteiger partial charge is 0.381 e. The Balaban J connectivity index is 1.53. The van der Waals surface area contributed by atoms with Crippen molar-refractivity contribution in [1.82, 2.24) is 10.1 Å². The van der Waals surface area contributed by atoms with Crippen LogP contribution in [0.5, 0.6) is 0 Å². The van der Waals surface area contributed by atoms with Crippen LogP contribution in [0.2, 0.25) is 0 Å².